The number of hydrogen-bond donors (Lipinski definition) is 0. The third-order valence-electron chi connectivity index (χ3n) is 3.34. The van der Waals surface area contributed by atoms with Crippen molar-refractivity contribution < 1.29 is 9.68 Å². The van der Waals surface area contributed by atoms with Crippen molar-refractivity contribution in [2.24, 2.45) is 10.3 Å². The largest absolute Gasteiger partial charge is 0.390 e. The van der Waals surface area contributed by atoms with E-state index in [4.69, 9.17) is 9.68 Å². The molecule has 0 heterocycles. The van der Waals surface area contributed by atoms with Gasteiger partial charge in [0.05, 0.1) is 0 Å². The van der Waals surface area contributed by atoms with Crippen LogP contribution in [0.2, 0.25) is 0 Å². The van der Waals surface area contributed by atoms with Gasteiger partial charge in [-0.1, -0.05) is 71.0 Å². The van der Waals surface area contributed by atoms with Crippen molar-refractivity contribution in [3.63, 3.8) is 0 Å². The van der Waals surface area contributed by atoms with E-state index in [0.717, 1.165) is 22.6 Å². The van der Waals surface area contributed by atoms with Crippen molar-refractivity contribution in [3.05, 3.63) is 96.1 Å². The maximum atomic E-state index is 5.35. The Balaban J connectivity index is 1.46. The molecule has 1 aliphatic carbocycles. The van der Waals surface area contributed by atoms with E-state index in [-0.39, 0.29) is 0 Å². The molecule has 0 atom stereocenters. The highest BCUT2D eigenvalue weighted by atomic mass is 16.6. The summed E-state index contributed by atoms with van der Waals surface area (Å²) in [6.45, 7) is 0.903. The molecular formula is C20H18N2O2. The second-order valence-corrected chi connectivity index (χ2v) is 5.22. The van der Waals surface area contributed by atoms with Crippen LogP contribution in [0.25, 0.3) is 0 Å². The van der Waals surface area contributed by atoms with E-state index in [2.05, 4.69) is 10.3 Å². The lowest BCUT2D eigenvalue weighted by Crippen LogP contribution is -2.02. The van der Waals surface area contributed by atoms with Crippen LogP contribution in [0.3, 0.4) is 0 Å². The summed E-state index contributed by atoms with van der Waals surface area (Å²) in [5.74, 6) is 0. The minimum absolute atomic E-state index is 0.452. The van der Waals surface area contributed by atoms with Crippen molar-refractivity contribution in [2.45, 2.75) is 13.2 Å². The zero-order valence-corrected chi connectivity index (χ0v) is 13.2. The van der Waals surface area contributed by atoms with Crippen LogP contribution in [-0.4, -0.2) is 11.4 Å². The molecule has 0 saturated carbocycles. The summed E-state index contributed by atoms with van der Waals surface area (Å²) in [7, 11) is 0. The van der Waals surface area contributed by atoms with Gasteiger partial charge in [-0.15, -0.1) is 0 Å². The van der Waals surface area contributed by atoms with E-state index < -0.39 is 0 Å². The zero-order valence-electron chi connectivity index (χ0n) is 13.2. The highest BCUT2D eigenvalue weighted by Crippen LogP contribution is 2.05. The van der Waals surface area contributed by atoms with Crippen LogP contribution in [0.15, 0.2) is 95.3 Å². The Morgan fingerprint density at radius 2 is 0.917 bits per heavy atom. The SMILES string of the molecule is C1=CC(=NOCc2ccccc2)C=CC1=NOCc1ccccc1. The van der Waals surface area contributed by atoms with Crippen molar-refractivity contribution in [1.29, 1.82) is 0 Å². The van der Waals surface area contributed by atoms with E-state index in [1.54, 1.807) is 0 Å². The van der Waals surface area contributed by atoms with Crippen LogP contribution >= 0.6 is 0 Å². The molecule has 0 spiro atoms. The minimum Gasteiger partial charge on any atom is -0.390 e. The van der Waals surface area contributed by atoms with Crippen molar-refractivity contribution in [3.8, 4) is 0 Å². The second kappa shape index (κ2) is 8.48. The molecule has 0 saturated heterocycles. The lowest BCUT2D eigenvalue weighted by molar-refractivity contribution is 0.130. The maximum absolute atomic E-state index is 5.35. The topological polar surface area (TPSA) is 43.2 Å². The van der Waals surface area contributed by atoms with Crippen molar-refractivity contribution in [2.75, 3.05) is 0 Å². The molecule has 2 aromatic rings. The minimum atomic E-state index is 0.452. The number of hydrogen-bond acceptors (Lipinski definition) is 4. The van der Waals surface area contributed by atoms with Crippen LogP contribution in [0.1, 0.15) is 11.1 Å². The summed E-state index contributed by atoms with van der Waals surface area (Å²) < 4.78 is 0. The van der Waals surface area contributed by atoms with Crippen molar-refractivity contribution >= 4 is 11.4 Å². The van der Waals surface area contributed by atoms with Gasteiger partial charge in [0.25, 0.3) is 0 Å². The lowest BCUT2D eigenvalue weighted by atomic mass is 10.1. The van der Waals surface area contributed by atoms with Crippen LogP contribution in [0.5, 0.6) is 0 Å². The Labute approximate surface area is 141 Å². The fraction of sp³-hybridized carbons (Fsp3) is 0.100. The molecule has 4 nitrogen and oxygen atoms in total. The monoisotopic (exact) mass is 318 g/mol. The van der Waals surface area contributed by atoms with E-state index >= 15 is 0 Å². The Hall–Kier alpha value is -3.14. The third kappa shape index (κ3) is 4.95. The molecule has 24 heavy (non-hydrogen) atoms. The number of nitrogens with zero attached hydrogens (tertiary/aromatic N) is 2. The molecule has 0 aliphatic heterocycles. The third-order valence-corrected chi connectivity index (χ3v) is 3.34. The van der Waals surface area contributed by atoms with Gasteiger partial charge >= 0.3 is 0 Å². The normalized spacial score (nSPS) is 12.8. The Bertz CT molecular complexity index is 679. The van der Waals surface area contributed by atoms with Gasteiger partial charge in [-0.2, -0.15) is 0 Å². The molecule has 0 unspecified atom stereocenters. The first-order chi connectivity index (χ1) is 11.9. The van der Waals surface area contributed by atoms with Crippen LogP contribution in [0, 0.1) is 0 Å². The summed E-state index contributed by atoms with van der Waals surface area (Å²) in [5, 5.41) is 8.18. The molecule has 3 rings (SSSR count). The maximum Gasteiger partial charge on any atom is 0.142 e. The lowest BCUT2D eigenvalue weighted by Gasteiger charge is -2.04. The van der Waals surface area contributed by atoms with Gasteiger partial charge in [0.15, 0.2) is 0 Å². The molecule has 0 fully saturated rings. The molecule has 0 bridgehead atoms. The first-order valence-electron chi connectivity index (χ1n) is 7.74. The standard InChI is InChI=1S/C20H18N2O2/c1-3-7-17(8-4-1)15-23-21-19-11-13-20(14-12-19)22-24-16-18-9-5-2-6-10-18/h1-14H,15-16H2. The predicted octanol–water partition coefficient (Wildman–Crippen LogP) is 4.26. The van der Waals surface area contributed by atoms with E-state index in [1.807, 2.05) is 85.0 Å². The van der Waals surface area contributed by atoms with Crippen LogP contribution in [-0.2, 0) is 22.9 Å². The number of benzene rings is 2. The predicted molar refractivity (Wildman–Crippen MR) is 95.6 cm³/mol. The van der Waals surface area contributed by atoms with Gasteiger partial charge in [-0.3, -0.25) is 0 Å². The van der Waals surface area contributed by atoms with E-state index in [9.17, 15) is 0 Å². The Morgan fingerprint density at radius 3 is 1.29 bits per heavy atom. The smallest absolute Gasteiger partial charge is 0.142 e. The molecule has 0 aromatic heterocycles. The second-order valence-electron chi connectivity index (χ2n) is 5.22. The highest BCUT2D eigenvalue weighted by molar-refractivity contribution is 6.18. The average molecular weight is 318 g/mol. The van der Waals surface area contributed by atoms with Gasteiger partial charge in [0.2, 0.25) is 0 Å². The first-order valence-corrected chi connectivity index (χ1v) is 7.74. The van der Waals surface area contributed by atoms with Gasteiger partial charge in [-0.25, -0.2) is 0 Å². The summed E-state index contributed by atoms with van der Waals surface area (Å²) in [6, 6.07) is 19.9. The molecule has 4 heteroatoms. The van der Waals surface area contributed by atoms with E-state index in [1.165, 1.54) is 0 Å². The van der Waals surface area contributed by atoms with Crippen molar-refractivity contribution in [1.82, 2.24) is 0 Å². The zero-order chi connectivity index (χ0) is 16.5. The van der Waals surface area contributed by atoms with Crippen LogP contribution < -0.4 is 0 Å². The molecule has 0 N–H and O–H groups in total. The molecule has 0 amide bonds. The fourth-order valence-corrected chi connectivity index (χ4v) is 2.09. The molecular weight excluding hydrogens is 300 g/mol. The fourth-order valence-electron chi connectivity index (χ4n) is 2.09. The highest BCUT2D eigenvalue weighted by Gasteiger charge is 2.01. The number of allylic oxidation sites excluding steroid dienone is 4. The molecule has 1 aliphatic rings. The Morgan fingerprint density at radius 1 is 0.542 bits per heavy atom. The van der Waals surface area contributed by atoms with Gasteiger partial charge < -0.3 is 9.68 Å². The number of rotatable bonds is 6. The van der Waals surface area contributed by atoms with E-state index in [0.29, 0.717) is 13.2 Å². The summed E-state index contributed by atoms with van der Waals surface area (Å²) in [6.07, 6.45) is 7.37. The molecule has 120 valence electrons. The molecule has 0 radical (unpaired) electrons. The average Bonchev–Trinajstić information content (AvgIpc) is 2.65. The number of oxime groups is 2. The van der Waals surface area contributed by atoms with Gasteiger partial charge in [0, 0.05) is 0 Å². The first kappa shape index (κ1) is 15.7. The summed E-state index contributed by atoms with van der Waals surface area (Å²) >= 11 is 0. The molecule has 2 aromatic carbocycles. The van der Waals surface area contributed by atoms with Gasteiger partial charge in [0.1, 0.15) is 24.6 Å². The van der Waals surface area contributed by atoms with Crippen LogP contribution in [0.4, 0.5) is 0 Å². The quantitative estimate of drug-likeness (QED) is 0.590. The summed E-state index contributed by atoms with van der Waals surface area (Å²) in [5.41, 5.74) is 3.66. The summed E-state index contributed by atoms with van der Waals surface area (Å²) in [4.78, 5) is 10.7. The van der Waals surface area contributed by atoms with Gasteiger partial charge in [-0.05, 0) is 35.4 Å². The Kier molecular flexibility index (Phi) is 5.56.